The first kappa shape index (κ1) is 13.6. The van der Waals surface area contributed by atoms with Crippen molar-refractivity contribution in [2.24, 2.45) is 0 Å². The van der Waals surface area contributed by atoms with Crippen LogP contribution < -0.4 is 5.32 Å². The van der Waals surface area contributed by atoms with Crippen LogP contribution in [0.25, 0.3) is 0 Å². The molecule has 96 valence electrons. The van der Waals surface area contributed by atoms with Crippen LogP contribution in [0.4, 0.5) is 0 Å². The summed E-state index contributed by atoms with van der Waals surface area (Å²) in [5.74, 6) is 0. The SMILES string of the molecule is CNC(CCCc1ccccc1)c1sccc1Cl. The molecular weight excluding hydrogens is 262 g/mol. The number of benzene rings is 1. The molecule has 0 amide bonds. The summed E-state index contributed by atoms with van der Waals surface area (Å²) in [6.45, 7) is 0. The third kappa shape index (κ3) is 3.58. The molecule has 0 saturated heterocycles. The molecule has 0 spiro atoms. The van der Waals surface area contributed by atoms with E-state index in [9.17, 15) is 0 Å². The summed E-state index contributed by atoms with van der Waals surface area (Å²) in [6, 6.07) is 13.0. The number of halogens is 1. The predicted octanol–water partition coefficient (Wildman–Crippen LogP) is 4.68. The van der Waals surface area contributed by atoms with Crippen LogP contribution in [0.5, 0.6) is 0 Å². The Balaban J connectivity index is 1.87. The summed E-state index contributed by atoms with van der Waals surface area (Å²) < 4.78 is 0. The summed E-state index contributed by atoms with van der Waals surface area (Å²) in [4.78, 5) is 1.26. The molecule has 0 bridgehead atoms. The van der Waals surface area contributed by atoms with Gasteiger partial charge in [0, 0.05) is 10.9 Å². The second-order valence-corrected chi connectivity index (χ2v) is 5.71. The lowest BCUT2D eigenvalue weighted by Crippen LogP contribution is -2.15. The van der Waals surface area contributed by atoms with Crippen molar-refractivity contribution in [2.45, 2.75) is 25.3 Å². The topological polar surface area (TPSA) is 12.0 Å². The molecule has 1 aromatic carbocycles. The number of thiophene rings is 1. The first-order valence-electron chi connectivity index (χ1n) is 6.25. The molecule has 0 aliphatic heterocycles. The Kier molecular flexibility index (Phi) is 5.24. The van der Waals surface area contributed by atoms with Crippen molar-refractivity contribution in [2.75, 3.05) is 7.05 Å². The highest BCUT2D eigenvalue weighted by molar-refractivity contribution is 7.10. The van der Waals surface area contributed by atoms with E-state index in [1.54, 1.807) is 11.3 Å². The first-order chi connectivity index (χ1) is 8.81. The van der Waals surface area contributed by atoms with Gasteiger partial charge in [0.25, 0.3) is 0 Å². The van der Waals surface area contributed by atoms with Crippen molar-refractivity contribution in [3.63, 3.8) is 0 Å². The molecule has 2 rings (SSSR count). The van der Waals surface area contributed by atoms with E-state index in [-0.39, 0.29) is 0 Å². The summed E-state index contributed by atoms with van der Waals surface area (Å²) in [6.07, 6.45) is 3.41. The quantitative estimate of drug-likeness (QED) is 0.809. The van der Waals surface area contributed by atoms with E-state index >= 15 is 0 Å². The van der Waals surface area contributed by atoms with Gasteiger partial charge >= 0.3 is 0 Å². The minimum absolute atomic E-state index is 0.376. The van der Waals surface area contributed by atoms with Crippen molar-refractivity contribution in [1.29, 1.82) is 0 Å². The van der Waals surface area contributed by atoms with E-state index in [2.05, 4.69) is 41.0 Å². The zero-order chi connectivity index (χ0) is 12.8. The van der Waals surface area contributed by atoms with Crippen LogP contribution in [0.2, 0.25) is 5.02 Å². The van der Waals surface area contributed by atoms with E-state index < -0.39 is 0 Å². The largest absolute Gasteiger partial charge is 0.312 e. The highest BCUT2D eigenvalue weighted by atomic mass is 35.5. The Hall–Kier alpha value is -0.830. The molecule has 0 aliphatic rings. The van der Waals surface area contributed by atoms with Gasteiger partial charge in [-0.05, 0) is 43.3 Å². The minimum Gasteiger partial charge on any atom is -0.312 e. The van der Waals surface area contributed by atoms with Crippen LogP contribution in [-0.2, 0) is 6.42 Å². The van der Waals surface area contributed by atoms with Gasteiger partial charge in [-0.2, -0.15) is 0 Å². The highest BCUT2D eigenvalue weighted by Gasteiger charge is 2.13. The maximum atomic E-state index is 6.18. The maximum Gasteiger partial charge on any atom is 0.0561 e. The molecule has 0 radical (unpaired) electrons. The molecular formula is C15H18ClNS. The monoisotopic (exact) mass is 279 g/mol. The number of hydrogen-bond donors (Lipinski definition) is 1. The Morgan fingerprint density at radius 3 is 2.61 bits per heavy atom. The molecule has 1 aromatic heterocycles. The van der Waals surface area contributed by atoms with Gasteiger partial charge in [-0.3, -0.25) is 0 Å². The van der Waals surface area contributed by atoms with E-state index in [4.69, 9.17) is 11.6 Å². The Morgan fingerprint density at radius 2 is 2.00 bits per heavy atom. The van der Waals surface area contributed by atoms with Gasteiger partial charge in [-0.1, -0.05) is 41.9 Å². The molecule has 1 unspecified atom stereocenters. The van der Waals surface area contributed by atoms with Crippen molar-refractivity contribution in [1.82, 2.24) is 5.32 Å². The van der Waals surface area contributed by atoms with Crippen LogP contribution in [-0.4, -0.2) is 7.05 Å². The summed E-state index contributed by atoms with van der Waals surface area (Å²) in [5, 5.41) is 6.30. The average Bonchev–Trinajstić information content (AvgIpc) is 2.82. The molecule has 3 heteroatoms. The predicted molar refractivity (Wildman–Crippen MR) is 80.5 cm³/mol. The third-order valence-corrected chi connectivity index (χ3v) is 4.58. The first-order valence-corrected chi connectivity index (χ1v) is 7.51. The van der Waals surface area contributed by atoms with E-state index in [1.807, 2.05) is 13.1 Å². The van der Waals surface area contributed by atoms with Crippen LogP contribution in [0.1, 0.15) is 29.3 Å². The number of hydrogen-bond acceptors (Lipinski definition) is 2. The highest BCUT2D eigenvalue weighted by Crippen LogP contribution is 2.31. The van der Waals surface area contributed by atoms with Gasteiger partial charge in [0.05, 0.1) is 5.02 Å². The lowest BCUT2D eigenvalue weighted by molar-refractivity contribution is 0.535. The second-order valence-electron chi connectivity index (χ2n) is 4.35. The van der Waals surface area contributed by atoms with Crippen LogP contribution in [0.15, 0.2) is 41.8 Å². The van der Waals surface area contributed by atoms with Gasteiger partial charge in [-0.25, -0.2) is 0 Å². The summed E-state index contributed by atoms with van der Waals surface area (Å²) >= 11 is 7.91. The molecule has 1 heterocycles. The van der Waals surface area contributed by atoms with Crippen LogP contribution >= 0.6 is 22.9 Å². The van der Waals surface area contributed by atoms with Gasteiger partial charge in [0.2, 0.25) is 0 Å². The van der Waals surface area contributed by atoms with Crippen molar-refractivity contribution in [3.8, 4) is 0 Å². The lowest BCUT2D eigenvalue weighted by atomic mass is 10.0. The van der Waals surface area contributed by atoms with Crippen molar-refractivity contribution < 1.29 is 0 Å². The van der Waals surface area contributed by atoms with Crippen molar-refractivity contribution >= 4 is 22.9 Å². The minimum atomic E-state index is 0.376. The van der Waals surface area contributed by atoms with Gasteiger partial charge in [0.15, 0.2) is 0 Å². The fraction of sp³-hybridized carbons (Fsp3) is 0.333. The number of aryl methyl sites for hydroxylation is 1. The zero-order valence-corrected chi connectivity index (χ0v) is 12.1. The van der Waals surface area contributed by atoms with E-state index in [1.165, 1.54) is 16.9 Å². The Bertz CT molecular complexity index is 466. The molecule has 0 aliphatic carbocycles. The van der Waals surface area contributed by atoms with Crippen molar-refractivity contribution in [3.05, 3.63) is 57.2 Å². The zero-order valence-electron chi connectivity index (χ0n) is 10.5. The Labute approximate surface area is 118 Å². The molecule has 2 aromatic rings. The molecule has 18 heavy (non-hydrogen) atoms. The Morgan fingerprint density at radius 1 is 1.22 bits per heavy atom. The van der Waals surface area contributed by atoms with Gasteiger partial charge in [-0.15, -0.1) is 11.3 Å². The molecule has 1 nitrogen and oxygen atoms in total. The second kappa shape index (κ2) is 6.93. The number of nitrogens with one attached hydrogen (secondary N) is 1. The van der Waals surface area contributed by atoms with E-state index in [0.29, 0.717) is 6.04 Å². The fourth-order valence-corrected chi connectivity index (χ4v) is 3.45. The number of rotatable bonds is 6. The molecule has 1 N–H and O–H groups in total. The van der Waals surface area contributed by atoms with Gasteiger partial charge in [0.1, 0.15) is 0 Å². The van der Waals surface area contributed by atoms with Crippen LogP contribution in [0, 0.1) is 0 Å². The fourth-order valence-electron chi connectivity index (χ4n) is 2.12. The van der Waals surface area contributed by atoms with E-state index in [0.717, 1.165) is 17.9 Å². The third-order valence-electron chi connectivity index (χ3n) is 3.11. The normalized spacial score (nSPS) is 12.6. The summed E-state index contributed by atoms with van der Waals surface area (Å²) in [7, 11) is 2.00. The standard InChI is InChI=1S/C15H18ClNS/c1-17-14(15-13(16)10-11-18-15)9-5-8-12-6-3-2-4-7-12/h2-4,6-7,10-11,14,17H,5,8-9H2,1H3. The summed E-state index contributed by atoms with van der Waals surface area (Å²) in [5.41, 5.74) is 1.41. The maximum absolute atomic E-state index is 6.18. The molecule has 0 fully saturated rings. The molecule has 1 atom stereocenters. The lowest BCUT2D eigenvalue weighted by Gasteiger charge is -2.15. The molecule has 0 saturated carbocycles. The van der Waals surface area contributed by atoms with Gasteiger partial charge < -0.3 is 5.32 Å². The van der Waals surface area contributed by atoms with Crippen LogP contribution in [0.3, 0.4) is 0 Å². The average molecular weight is 280 g/mol. The smallest absolute Gasteiger partial charge is 0.0561 e.